The third-order valence-electron chi connectivity index (χ3n) is 2.57. The van der Waals surface area contributed by atoms with Crippen molar-refractivity contribution in [3.05, 3.63) is 0 Å². The standard InChI is InChI=1S/C9H19NO2/c1-10-7-9(3-5-11-2)4-6-12-8-9/h10H,3-8H2,1-2H3. The molecule has 1 aliphatic heterocycles. The van der Waals surface area contributed by atoms with E-state index in [9.17, 15) is 0 Å². The van der Waals surface area contributed by atoms with Crippen LogP contribution in [0.2, 0.25) is 0 Å². The fourth-order valence-electron chi connectivity index (χ4n) is 1.77. The van der Waals surface area contributed by atoms with Crippen LogP contribution in [-0.2, 0) is 9.47 Å². The van der Waals surface area contributed by atoms with Gasteiger partial charge < -0.3 is 14.8 Å². The number of nitrogens with one attached hydrogen (secondary N) is 1. The zero-order chi connectivity index (χ0) is 8.86. The van der Waals surface area contributed by atoms with E-state index in [1.165, 1.54) is 0 Å². The summed E-state index contributed by atoms with van der Waals surface area (Å²) < 4.78 is 10.5. The Bertz CT molecular complexity index is 122. The Balaban J connectivity index is 2.35. The molecule has 0 bridgehead atoms. The van der Waals surface area contributed by atoms with E-state index in [1.807, 2.05) is 7.05 Å². The molecule has 1 aliphatic rings. The van der Waals surface area contributed by atoms with E-state index in [0.717, 1.165) is 39.2 Å². The first kappa shape index (κ1) is 9.96. The van der Waals surface area contributed by atoms with Crippen molar-refractivity contribution in [1.82, 2.24) is 5.32 Å². The maximum absolute atomic E-state index is 5.41. The lowest BCUT2D eigenvalue weighted by molar-refractivity contribution is 0.108. The van der Waals surface area contributed by atoms with E-state index in [-0.39, 0.29) is 0 Å². The van der Waals surface area contributed by atoms with Crippen molar-refractivity contribution in [1.29, 1.82) is 0 Å². The zero-order valence-electron chi connectivity index (χ0n) is 8.06. The second kappa shape index (κ2) is 4.80. The van der Waals surface area contributed by atoms with Gasteiger partial charge in [-0.25, -0.2) is 0 Å². The smallest absolute Gasteiger partial charge is 0.0536 e. The minimum Gasteiger partial charge on any atom is -0.385 e. The largest absolute Gasteiger partial charge is 0.385 e. The summed E-state index contributed by atoms with van der Waals surface area (Å²) in [7, 11) is 3.75. The topological polar surface area (TPSA) is 30.5 Å². The van der Waals surface area contributed by atoms with Crippen molar-refractivity contribution in [2.24, 2.45) is 5.41 Å². The van der Waals surface area contributed by atoms with Gasteiger partial charge in [0.1, 0.15) is 0 Å². The molecule has 0 aromatic heterocycles. The third kappa shape index (κ3) is 2.44. The Morgan fingerprint density at radius 3 is 2.92 bits per heavy atom. The number of methoxy groups -OCH3 is 1. The summed E-state index contributed by atoms with van der Waals surface area (Å²) >= 11 is 0. The van der Waals surface area contributed by atoms with Gasteiger partial charge in [0.05, 0.1) is 6.61 Å². The van der Waals surface area contributed by atoms with Crippen LogP contribution in [0.4, 0.5) is 0 Å². The SMILES string of the molecule is CNCC1(CCOC)CCOC1. The molecule has 1 fully saturated rings. The second-order valence-corrected chi connectivity index (χ2v) is 3.58. The molecule has 1 N–H and O–H groups in total. The normalized spacial score (nSPS) is 29.5. The molecule has 0 aromatic rings. The summed E-state index contributed by atoms with van der Waals surface area (Å²) in [5.74, 6) is 0. The Morgan fingerprint density at radius 1 is 1.58 bits per heavy atom. The molecular weight excluding hydrogens is 154 g/mol. The van der Waals surface area contributed by atoms with E-state index in [1.54, 1.807) is 7.11 Å². The second-order valence-electron chi connectivity index (χ2n) is 3.58. The Morgan fingerprint density at radius 2 is 2.42 bits per heavy atom. The molecule has 0 radical (unpaired) electrons. The number of hydrogen-bond acceptors (Lipinski definition) is 3. The first-order chi connectivity index (χ1) is 5.83. The fourth-order valence-corrected chi connectivity index (χ4v) is 1.77. The highest BCUT2D eigenvalue weighted by Gasteiger charge is 2.33. The minimum absolute atomic E-state index is 0.338. The van der Waals surface area contributed by atoms with Crippen LogP contribution < -0.4 is 5.32 Å². The quantitative estimate of drug-likeness (QED) is 0.662. The molecule has 3 heteroatoms. The molecule has 0 spiro atoms. The highest BCUT2D eigenvalue weighted by molar-refractivity contribution is 4.84. The molecule has 3 nitrogen and oxygen atoms in total. The number of hydrogen-bond donors (Lipinski definition) is 1. The van der Waals surface area contributed by atoms with Crippen LogP contribution >= 0.6 is 0 Å². The van der Waals surface area contributed by atoms with Gasteiger partial charge in [-0.1, -0.05) is 0 Å². The van der Waals surface area contributed by atoms with Gasteiger partial charge in [0, 0.05) is 32.3 Å². The Labute approximate surface area is 74.4 Å². The average molecular weight is 173 g/mol. The van der Waals surface area contributed by atoms with Crippen molar-refractivity contribution in [3.63, 3.8) is 0 Å². The lowest BCUT2D eigenvalue weighted by atomic mass is 9.84. The van der Waals surface area contributed by atoms with Crippen LogP contribution in [0.1, 0.15) is 12.8 Å². The summed E-state index contributed by atoms with van der Waals surface area (Å²) in [6.45, 7) is 3.67. The molecule has 1 unspecified atom stereocenters. The molecule has 1 saturated heterocycles. The van der Waals surface area contributed by atoms with E-state index in [0.29, 0.717) is 5.41 Å². The van der Waals surface area contributed by atoms with Gasteiger partial charge in [-0.3, -0.25) is 0 Å². The highest BCUT2D eigenvalue weighted by Crippen LogP contribution is 2.31. The van der Waals surface area contributed by atoms with Crippen LogP contribution in [0.25, 0.3) is 0 Å². The lowest BCUT2D eigenvalue weighted by Crippen LogP contribution is -2.34. The summed E-state index contributed by atoms with van der Waals surface area (Å²) in [5.41, 5.74) is 0.338. The highest BCUT2D eigenvalue weighted by atomic mass is 16.5. The van der Waals surface area contributed by atoms with Gasteiger partial charge in [-0.05, 0) is 19.9 Å². The average Bonchev–Trinajstić information content (AvgIpc) is 2.51. The number of ether oxygens (including phenoxy) is 2. The molecule has 0 aromatic carbocycles. The van der Waals surface area contributed by atoms with Crippen molar-refractivity contribution in [2.75, 3.05) is 40.5 Å². The molecule has 1 rings (SSSR count). The molecular formula is C9H19NO2. The molecule has 0 aliphatic carbocycles. The van der Waals surface area contributed by atoms with Gasteiger partial charge in [0.15, 0.2) is 0 Å². The summed E-state index contributed by atoms with van der Waals surface area (Å²) in [5, 5.41) is 3.22. The van der Waals surface area contributed by atoms with Crippen LogP contribution in [0.3, 0.4) is 0 Å². The first-order valence-corrected chi connectivity index (χ1v) is 4.54. The summed E-state index contributed by atoms with van der Waals surface area (Å²) in [6, 6.07) is 0. The van der Waals surface area contributed by atoms with E-state index < -0.39 is 0 Å². The van der Waals surface area contributed by atoms with Gasteiger partial charge >= 0.3 is 0 Å². The van der Waals surface area contributed by atoms with E-state index >= 15 is 0 Å². The predicted molar refractivity (Wildman–Crippen MR) is 48.3 cm³/mol. The fraction of sp³-hybridized carbons (Fsp3) is 1.00. The van der Waals surface area contributed by atoms with Crippen molar-refractivity contribution >= 4 is 0 Å². The maximum Gasteiger partial charge on any atom is 0.0536 e. The predicted octanol–water partition coefficient (Wildman–Crippen LogP) is 0.649. The molecule has 1 heterocycles. The molecule has 12 heavy (non-hydrogen) atoms. The van der Waals surface area contributed by atoms with Gasteiger partial charge in [-0.2, -0.15) is 0 Å². The van der Waals surface area contributed by atoms with E-state index in [2.05, 4.69) is 5.32 Å². The minimum atomic E-state index is 0.338. The Kier molecular flexibility index (Phi) is 3.98. The van der Waals surface area contributed by atoms with Gasteiger partial charge in [0.25, 0.3) is 0 Å². The molecule has 72 valence electrons. The lowest BCUT2D eigenvalue weighted by Gasteiger charge is -2.26. The monoisotopic (exact) mass is 173 g/mol. The van der Waals surface area contributed by atoms with Gasteiger partial charge in [-0.15, -0.1) is 0 Å². The van der Waals surface area contributed by atoms with Crippen LogP contribution in [-0.4, -0.2) is 40.5 Å². The van der Waals surface area contributed by atoms with Crippen molar-refractivity contribution < 1.29 is 9.47 Å². The zero-order valence-corrected chi connectivity index (χ0v) is 8.06. The number of rotatable bonds is 5. The van der Waals surface area contributed by atoms with Crippen molar-refractivity contribution in [2.45, 2.75) is 12.8 Å². The molecule has 1 atom stereocenters. The van der Waals surface area contributed by atoms with Crippen LogP contribution in [0.15, 0.2) is 0 Å². The third-order valence-corrected chi connectivity index (χ3v) is 2.57. The van der Waals surface area contributed by atoms with Crippen LogP contribution in [0.5, 0.6) is 0 Å². The van der Waals surface area contributed by atoms with Crippen LogP contribution in [0, 0.1) is 5.41 Å². The van der Waals surface area contributed by atoms with Crippen molar-refractivity contribution in [3.8, 4) is 0 Å². The molecule has 0 amide bonds. The maximum atomic E-state index is 5.41. The molecule has 0 saturated carbocycles. The summed E-state index contributed by atoms with van der Waals surface area (Å²) in [4.78, 5) is 0. The Hall–Kier alpha value is -0.120. The summed E-state index contributed by atoms with van der Waals surface area (Å²) in [6.07, 6.45) is 2.27. The van der Waals surface area contributed by atoms with E-state index in [4.69, 9.17) is 9.47 Å². The van der Waals surface area contributed by atoms with Gasteiger partial charge in [0.2, 0.25) is 0 Å². The first-order valence-electron chi connectivity index (χ1n) is 4.54.